The number of nitrogens with one attached hydrogen (secondary N) is 1. The fourth-order valence-electron chi connectivity index (χ4n) is 2.26. The van der Waals surface area contributed by atoms with Gasteiger partial charge in [0.25, 0.3) is 0 Å². The number of hydrogen-bond donors (Lipinski definition) is 2. The van der Waals surface area contributed by atoms with E-state index in [1.807, 2.05) is 6.07 Å². The highest BCUT2D eigenvalue weighted by molar-refractivity contribution is 5.72. The van der Waals surface area contributed by atoms with E-state index in [9.17, 15) is 0 Å². The zero-order chi connectivity index (χ0) is 12.4. The highest BCUT2D eigenvalue weighted by Crippen LogP contribution is 2.37. The van der Waals surface area contributed by atoms with Crippen LogP contribution in [0.25, 0.3) is 0 Å². The van der Waals surface area contributed by atoms with E-state index in [1.165, 1.54) is 12.8 Å². The predicted molar refractivity (Wildman–Crippen MR) is 69.8 cm³/mol. The van der Waals surface area contributed by atoms with E-state index >= 15 is 0 Å². The van der Waals surface area contributed by atoms with Gasteiger partial charge in [0.15, 0.2) is 11.5 Å². The van der Waals surface area contributed by atoms with Crippen LogP contribution in [0.3, 0.4) is 0 Å². The number of nitrogen functional groups attached to an aromatic ring is 1. The van der Waals surface area contributed by atoms with Gasteiger partial charge >= 0.3 is 0 Å². The molecule has 4 heteroatoms. The Balaban J connectivity index is 2.16. The van der Waals surface area contributed by atoms with E-state index in [0.29, 0.717) is 23.2 Å². The van der Waals surface area contributed by atoms with Crippen molar-refractivity contribution in [2.24, 2.45) is 5.92 Å². The van der Waals surface area contributed by atoms with Crippen LogP contribution >= 0.6 is 0 Å². The number of hydrogen-bond acceptors (Lipinski definition) is 4. The number of nitrogens with two attached hydrogens (primary N) is 1. The highest BCUT2D eigenvalue weighted by Gasteiger charge is 2.25. The van der Waals surface area contributed by atoms with Crippen molar-refractivity contribution in [3.63, 3.8) is 0 Å². The summed E-state index contributed by atoms with van der Waals surface area (Å²) in [6, 6.07) is 4.23. The third-order valence-electron chi connectivity index (χ3n) is 3.29. The predicted octanol–water partition coefficient (Wildman–Crippen LogP) is 2.50. The SMILES string of the molecule is COc1cc(N)c(NC2CC(C)C2)cc1OC. The molecular weight excluding hydrogens is 216 g/mol. The fraction of sp³-hybridized carbons (Fsp3) is 0.538. The van der Waals surface area contributed by atoms with E-state index in [0.717, 1.165) is 11.6 Å². The lowest BCUT2D eigenvalue weighted by Crippen LogP contribution is -2.34. The van der Waals surface area contributed by atoms with E-state index in [1.54, 1.807) is 20.3 Å². The molecule has 17 heavy (non-hydrogen) atoms. The minimum atomic E-state index is 0.533. The molecule has 0 radical (unpaired) electrons. The van der Waals surface area contributed by atoms with Crippen LogP contribution in [0, 0.1) is 5.92 Å². The molecule has 1 aliphatic carbocycles. The third kappa shape index (κ3) is 2.40. The molecule has 0 atom stereocenters. The van der Waals surface area contributed by atoms with Crippen LogP contribution < -0.4 is 20.5 Å². The van der Waals surface area contributed by atoms with Crippen molar-refractivity contribution in [2.45, 2.75) is 25.8 Å². The summed E-state index contributed by atoms with van der Waals surface area (Å²) in [5.41, 5.74) is 7.61. The Hall–Kier alpha value is -1.58. The molecule has 1 aromatic rings. The van der Waals surface area contributed by atoms with Gasteiger partial charge in [0.2, 0.25) is 0 Å². The summed E-state index contributed by atoms with van der Waals surface area (Å²) in [5, 5.41) is 3.44. The van der Waals surface area contributed by atoms with Gasteiger partial charge in [0.1, 0.15) is 0 Å². The van der Waals surface area contributed by atoms with Crippen molar-refractivity contribution in [1.29, 1.82) is 0 Å². The first kappa shape index (κ1) is 11.9. The van der Waals surface area contributed by atoms with Gasteiger partial charge in [-0.25, -0.2) is 0 Å². The Labute approximate surface area is 102 Å². The summed E-state index contributed by atoms with van der Waals surface area (Å²) < 4.78 is 10.5. The summed E-state index contributed by atoms with van der Waals surface area (Å²) in [6.45, 7) is 2.26. The summed E-state index contributed by atoms with van der Waals surface area (Å²) in [7, 11) is 3.24. The van der Waals surface area contributed by atoms with E-state index in [-0.39, 0.29) is 0 Å². The lowest BCUT2D eigenvalue weighted by atomic mass is 9.82. The molecule has 1 saturated carbocycles. The number of anilines is 2. The summed E-state index contributed by atoms with van der Waals surface area (Å²) >= 11 is 0. The second-order valence-electron chi connectivity index (χ2n) is 4.71. The monoisotopic (exact) mass is 236 g/mol. The first-order chi connectivity index (χ1) is 8.13. The second kappa shape index (κ2) is 4.73. The molecule has 1 aliphatic rings. The largest absolute Gasteiger partial charge is 0.493 e. The maximum atomic E-state index is 5.98. The lowest BCUT2D eigenvalue weighted by Gasteiger charge is -2.34. The normalized spacial score (nSPS) is 22.8. The topological polar surface area (TPSA) is 56.5 Å². The lowest BCUT2D eigenvalue weighted by molar-refractivity contribution is 0.309. The van der Waals surface area contributed by atoms with Crippen LogP contribution in [-0.2, 0) is 0 Å². The molecule has 0 heterocycles. The maximum Gasteiger partial charge on any atom is 0.162 e. The molecule has 94 valence electrons. The molecule has 4 nitrogen and oxygen atoms in total. The van der Waals surface area contributed by atoms with Gasteiger partial charge in [-0.15, -0.1) is 0 Å². The molecule has 0 aromatic heterocycles. The minimum Gasteiger partial charge on any atom is -0.493 e. The summed E-state index contributed by atoms with van der Waals surface area (Å²) in [5.74, 6) is 2.18. The summed E-state index contributed by atoms with van der Waals surface area (Å²) in [6.07, 6.45) is 2.40. The average Bonchev–Trinajstić information content (AvgIpc) is 2.28. The van der Waals surface area contributed by atoms with Gasteiger partial charge in [-0.1, -0.05) is 6.92 Å². The van der Waals surface area contributed by atoms with Crippen LogP contribution in [0.15, 0.2) is 12.1 Å². The van der Waals surface area contributed by atoms with Gasteiger partial charge < -0.3 is 20.5 Å². The summed E-state index contributed by atoms with van der Waals surface area (Å²) in [4.78, 5) is 0. The van der Waals surface area contributed by atoms with Gasteiger partial charge in [0.05, 0.1) is 25.6 Å². The van der Waals surface area contributed by atoms with Crippen molar-refractivity contribution in [2.75, 3.05) is 25.3 Å². The van der Waals surface area contributed by atoms with Gasteiger partial charge in [-0.3, -0.25) is 0 Å². The smallest absolute Gasteiger partial charge is 0.162 e. The highest BCUT2D eigenvalue weighted by atomic mass is 16.5. The molecule has 0 unspecified atom stereocenters. The van der Waals surface area contributed by atoms with Crippen LogP contribution in [0.2, 0.25) is 0 Å². The first-order valence-corrected chi connectivity index (χ1v) is 5.92. The molecule has 3 N–H and O–H groups in total. The minimum absolute atomic E-state index is 0.533. The fourth-order valence-corrected chi connectivity index (χ4v) is 2.26. The molecule has 0 bridgehead atoms. The molecule has 2 rings (SSSR count). The Bertz CT molecular complexity index is 401. The van der Waals surface area contributed by atoms with Crippen molar-refractivity contribution in [3.8, 4) is 11.5 Å². The second-order valence-corrected chi connectivity index (χ2v) is 4.71. The number of ether oxygens (including phenoxy) is 2. The van der Waals surface area contributed by atoms with Crippen LogP contribution in [0.4, 0.5) is 11.4 Å². The van der Waals surface area contributed by atoms with Crippen molar-refractivity contribution in [3.05, 3.63) is 12.1 Å². The molecule has 0 amide bonds. The number of benzene rings is 1. The third-order valence-corrected chi connectivity index (χ3v) is 3.29. The zero-order valence-electron chi connectivity index (χ0n) is 10.6. The Morgan fingerprint density at radius 1 is 1.18 bits per heavy atom. The van der Waals surface area contributed by atoms with Crippen molar-refractivity contribution < 1.29 is 9.47 Å². The molecule has 0 saturated heterocycles. The van der Waals surface area contributed by atoms with Gasteiger partial charge in [0, 0.05) is 18.2 Å². The van der Waals surface area contributed by atoms with E-state index in [4.69, 9.17) is 15.2 Å². The number of rotatable bonds is 4. The van der Waals surface area contributed by atoms with Crippen molar-refractivity contribution in [1.82, 2.24) is 0 Å². The Morgan fingerprint density at radius 2 is 1.76 bits per heavy atom. The van der Waals surface area contributed by atoms with Crippen molar-refractivity contribution >= 4 is 11.4 Å². The first-order valence-electron chi connectivity index (χ1n) is 5.92. The van der Waals surface area contributed by atoms with E-state index in [2.05, 4.69) is 12.2 Å². The molecule has 1 aromatic carbocycles. The quantitative estimate of drug-likeness (QED) is 0.789. The van der Waals surface area contributed by atoms with Crippen LogP contribution in [0.1, 0.15) is 19.8 Å². The average molecular weight is 236 g/mol. The maximum absolute atomic E-state index is 5.98. The number of methoxy groups -OCH3 is 2. The van der Waals surface area contributed by atoms with E-state index < -0.39 is 0 Å². The Kier molecular flexibility index (Phi) is 3.31. The van der Waals surface area contributed by atoms with Crippen LogP contribution in [0.5, 0.6) is 11.5 Å². The van der Waals surface area contributed by atoms with Crippen LogP contribution in [-0.4, -0.2) is 20.3 Å². The van der Waals surface area contributed by atoms with Gasteiger partial charge in [-0.05, 0) is 18.8 Å². The molecule has 0 spiro atoms. The molecular formula is C13H20N2O2. The molecule has 0 aliphatic heterocycles. The standard InChI is InChI=1S/C13H20N2O2/c1-8-4-9(5-8)15-11-7-13(17-3)12(16-2)6-10(11)14/h6-9,15H,4-5,14H2,1-3H3. The molecule has 1 fully saturated rings. The zero-order valence-corrected chi connectivity index (χ0v) is 10.6. The Morgan fingerprint density at radius 3 is 2.29 bits per heavy atom. The van der Waals surface area contributed by atoms with Gasteiger partial charge in [-0.2, -0.15) is 0 Å².